The number of aliphatic hydroxyl groups is 1. The summed E-state index contributed by atoms with van der Waals surface area (Å²) in [6.07, 6.45) is 0.703. The number of benzene rings is 2. The van der Waals surface area contributed by atoms with E-state index in [-0.39, 0.29) is 0 Å². The number of nitrogens with one attached hydrogen (secondary N) is 1. The molecule has 2 aromatic rings. The Morgan fingerprint density at radius 2 is 1.60 bits per heavy atom. The second-order valence-corrected chi connectivity index (χ2v) is 6.21. The van der Waals surface area contributed by atoms with E-state index in [0.717, 1.165) is 12.1 Å². The predicted octanol–water partition coefficient (Wildman–Crippen LogP) is 3.65. The van der Waals surface area contributed by atoms with Crippen LogP contribution in [0.4, 0.5) is 0 Å². The molecule has 1 unspecified atom stereocenters. The quantitative estimate of drug-likeness (QED) is 0.850. The van der Waals surface area contributed by atoms with Crippen molar-refractivity contribution < 1.29 is 5.11 Å². The van der Waals surface area contributed by atoms with Crippen LogP contribution in [0.15, 0.2) is 64.4 Å². The van der Waals surface area contributed by atoms with Crippen LogP contribution < -0.4 is 5.32 Å². The standard InChI is InChI=1S/C17H21NOS/c1-17(19,12-13-18-2)14-8-10-16(11-9-14)20-15-6-4-3-5-7-15/h3-11,18-19H,12-13H2,1-2H3. The fraction of sp³-hybridized carbons (Fsp3) is 0.294. The molecule has 0 spiro atoms. The smallest absolute Gasteiger partial charge is 0.0880 e. The lowest BCUT2D eigenvalue weighted by molar-refractivity contribution is 0.0485. The van der Waals surface area contributed by atoms with Crippen molar-refractivity contribution in [1.29, 1.82) is 0 Å². The fourth-order valence-corrected chi connectivity index (χ4v) is 2.86. The van der Waals surface area contributed by atoms with Gasteiger partial charge in [-0.2, -0.15) is 0 Å². The summed E-state index contributed by atoms with van der Waals surface area (Å²) in [5, 5.41) is 13.5. The van der Waals surface area contributed by atoms with Gasteiger partial charge in [0.1, 0.15) is 0 Å². The lowest BCUT2D eigenvalue weighted by Crippen LogP contribution is -2.26. The van der Waals surface area contributed by atoms with Gasteiger partial charge in [-0.05, 0) is 56.8 Å². The van der Waals surface area contributed by atoms with Gasteiger partial charge in [0.15, 0.2) is 0 Å². The first-order valence-electron chi connectivity index (χ1n) is 6.82. The Kier molecular flexibility index (Phi) is 5.24. The highest BCUT2D eigenvalue weighted by atomic mass is 32.2. The van der Waals surface area contributed by atoms with Crippen LogP contribution in [0.1, 0.15) is 18.9 Å². The molecule has 0 saturated carbocycles. The lowest BCUT2D eigenvalue weighted by atomic mass is 9.93. The molecule has 2 aromatic carbocycles. The zero-order chi connectivity index (χ0) is 14.4. The molecule has 0 bridgehead atoms. The number of hydrogen-bond acceptors (Lipinski definition) is 3. The van der Waals surface area contributed by atoms with Gasteiger partial charge in [0.25, 0.3) is 0 Å². The van der Waals surface area contributed by atoms with Crippen LogP contribution in [0.25, 0.3) is 0 Å². The van der Waals surface area contributed by atoms with Crippen molar-refractivity contribution in [1.82, 2.24) is 5.32 Å². The van der Waals surface area contributed by atoms with Crippen LogP contribution in [-0.2, 0) is 5.60 Å². The number of hydrogen-bond donors (Lipinski definition) is 2. The molecule has 0 amide bonds. The molecule has 2 rings (SSSR count). The second-order valence-electron chi connectivity index (χ2n) is 5.07. The topological polar surface area (TPSA) is 32.3 Å². The third-order valence-electron chi connectivity index (χ3n) is 3.32. The fourth-order valence-electron chi connectivity index (χ4n) is 2.02. The first-order chi connectivity index (χ1) is 9.62. The molecule has 0 heterocycles. The van der Waals surface area contributed by atoms with Gasteiger partial charge in [0, 0.05) is 9.79 Å². The highest BCUT2D eigenvalue weighted by Crippen LogP contribution is 2.30. The molecule has 0 saturated heterocycles. The van der Waals surface area contributed by atoms with Crippen LogP contribution >= 0.6 is 11.8 Å². The summed E-state index contributed by atoms with van der Waals surface area (Å²) in [5.74, 6) is 0. The summed E-state index contributed by atoms with van der Waals surface area (Å²) in [4.78, 5) is 2.41. The molecule has 0 aliphatic heterocycles. The van der Waals surface area contributed by atoms with Crippen LogP contribution in [0.2, 0.25) is 0 Å². The summed E-state index contributed by atoms with van der Waals surface area (Å²) in [6.45, 7) is 2.66. The van der Waals surface area contributed by atoms with E-state index in [1.807, 2.05) is 44.3 Å². The van der Waals surface area contributed by atoms with Gasteiger partial charge in [-0.1, -0.05) is 42.1 Å². The third kappa shape index (κ3) is 4.10. The molecule has 2 N–H and O–H groups in total. The van der Waals surface area contributed by atoms with Crippen LogP contribution in [0.5, 0.6) is 0 Å². The van der Waals surface area contributed by atoms with Crippen molar-refractivity contribution in [3.05, 3.63) is 60.2 Å². The summed E-state index contributed by atoms with van der Waals surface area (Å²) in [6, 6.07) is 18.5. The maximum atomic E-state index is 10.5. The van der Waals surface area contributed by atoms with Crippen LogP contribution in [0.3, 0.4) is 0 Å². The Morgan fingerprint density at radius 3 is 2.20 bits per heavy atom. The molecule has 1 atom stereocenters. The largest absolute Gasteiger partial charge is 0.385 e. The molecule has 2 nitrogen and oxygen atoms in total. The molecule has 0 radical (unpaired) electrons. The normalized spacial score (nSPS) is 13.9. The monoisotopic (exact) mass is 287 g/mol. The van der Waals surface area contributed by atoms with Crippen molar-refractivity contribution in [3.8, 4) is 0 Å². The van der Waals surface area contributed by atoms with Crippen LogP contribution in [-0.4, -0.2) is 18.7 Å². The minimum atomic E-state index is -0.779. The summed E-state index contributed by atoms with van der Waals surface area (Å²) >= 11 is 1.73. The van der Waals surface area contributed by atoms with Gasteiger partial charge < -0.3 is 10.4 Å². The number of rotatable bonds is 6. The molecule has 106 valence electrons. The maximum Gasteiger partial charge on any atom is 0.0880 e. The van der Waals surface area contributed by atoms with Gasteiger partial charge in [-0.3, -0.25) is 0 Å². The summed E-state index contributed by atoms with van der Waals surface area (Å²) in [7, 11) is 1.90. The first-order valence-corrected chi connectivity index (χ1v) is 7.64. The van der Waals surface area contributed by atoms with Crippen molar-refractivity contribution in [2.24, 2.45) is 0 Å². The zero-order valence-electron chi connectivity index (χ0n) is 12.0. The SMILES string of the molecule is CNCCC(C)(O)c1ccc(Sc2ccccc2)cc1. The minimum Gasteiger partial charge on any atom is -0.385 e. The van der Waals surface area contributed by atoms with E-state index in [1.165, 1.54) is 9.79 Å². The zero-order valence-corrected chi connectivity index (χ0v) is 12.8. The van der Waals surface area contributed by atoms with Crippen molar-refractivity contribution in [2.75, 3.05) is 13.6 Å². The van der Waals surface area contributed by atoms with Gasteiger partial charge in [-0.15, -0.1) is 0 Å². The summed E-state index contributed by atoms with van der Waals surface area (Å²) in [5.41, 5.74) is 0.184. The molecule has 0 aromatic heterocycles. The van der Waals surface area contributed by atoms with E-state index in [1.54, 1.807) is 11.8 Å². The van der Waals surface area contributed by atoms with Gasteiger partial charge in [0.2, 0.25) is 0 Å². The molecular formula is C17H21NOS. The molecule has 0 aliphatic carbocycles. The lowest BCUT2D eigenvalue weighted by Gasteiger charge is -2.24. The van der Waals surface area contributed by atoms with Gasteiger partial charge >= 0.3 is 0 Å². The Hall–Kier alpha value is -1.29. The Balaban J connectivity index is 2.06. The average Bonchev–Trinajstić information content (AvgIpc) is 2.47. The first kappa shape index (κ1) is 15.1. The van der Waals surface area contributed by atoms with E-state index >= 15 is 0 Å². The molecular weight excluding hydrogens is 266 g/mol. The van der Waals surface area contributed by atoms with E-state index in [0.29, 0.717) is 6.42 Å². The van der Waals surface area contributed by atoms with E-state index in [9.17, 15) is 5.11 Å². The van der Waals surface area contributed by atoms with Crippen molar-refractivity contribution in [3.63, 3.8) is 0 Å². The molecule has 0 fully saturated rings. The van der Waals surface area contributed by atoms with Gasteiger partial charge in [-0.25, -0.2) is 0 Å². The maximum absolute atomic E-state index is 10.5. The minimum absolute atomic E-state index is 0.703. The van der Waals surface area contributed by atoms with Crippen molar-refractivity contribution in [2.45, 2.75) is 28.7 Å². The van der Waals surface area contributed by atoms with Gasteiger partial charge in [0.05, 0.1) is 5.60 Å². The second kappa shape index (κ2) is 6.93. The average molecular weight is 287 g/mol. The van der Waals surface area contributed by atoms with E-state index in [2.05, 4.69) is 29.6 Å². The molecule has 0 aliphatic rings. The Morgan fingerprint density at radius 1 is 1.00 bits per heavy atom. The Bertz CT molecular complexity index is 522. The predicted molar refractivity (Wildman–Crippen MR) is 85.1 cm³/mol. The van der Waals surface area contributed by atoms with E-state index < -0.39 is 5.60 Å². The highest BCUT2D eigenvalue weighted by Gasteiger charge is 2.21. The molecule has 3 heteroatoms. The van der Waals surface area contributed by atoms with Crippen LogP contribution in [0, 0.1) is 0 Å². The highest BCUT2D eigenvalue weighted by molar-refractivity contribution is 7.99. The van der Waals surface area contributed by atoms with E-state index in [4.69, 9.17) is 0 Å². The third-order valence-corrected chi connectivity index (χ3v) is 4.33. The van der Waals surface area contributed by atoms with Crippen molar-refractivity contribution >= 4 is 11.8 Å². The molecule has 20 heavy (non-hydrogen) atoms. The Labute approximate surface area is 125 Å². The summed E-state index contributed by atoms with van der Waals surface area (Å²) < 4.78 is 0.